The van der Waals surface area contributed by atoms with Crippen LogP contribution in [0.1, 0.15) is 40.7 Å². The average Bonchev–Trinajstić information content (AvgIpc) is 3.22. The Bertz CT molecular complexity index is 1100. The fourth-order valence-electron chi connectivity index (χ4n) is 3.38. The Labute approximate surface area is 168 Å². The summed E-state index contributed by atoms with van der Waals surface area (Å²) in [4.78, 5) is 0.735. The van der Waals surface area contributed by atoms with Gasteiger partial charge in [-0.05, 0) is 49.9 Å². The highest BCUT2D eigenvalue weighted by Crippen LogP contribution is 2.29. The zero-order valence-corrected chi connectivity index (χ0v) is 17.8. The number of hydrogen-bond donors (Lipinski definition) is 0. The SMILES string of the molecule is Cc1ccc(OCc2nn3c(C4CCN(S(C)(=O)=O)CC4)nnc3s2)cc1C. The molecular formula is C18H23N5O3S2. The molecule has 10 heteroatoms. The molecule has 3 heterocycles. The summed E-state index contributed by atoms with van der Waals surface area (Å²) in [5.41, 5.74) is 2.43. The second-order valence-corrected chi connectivity index (χ2v) is 10.2. The van der Waals surface area contributed by atoms with Gasteiger partial charge in [0.2, 0.25) is 15.0 Å². The van der Waals surface area contributed by atoms with Crippen molar-refractivity contribution in [3.8, 4) is 5.75 Å². The van der Waals surface area contributed by atoms with Crippen LogP contribution in [0.3, 0.4) is 0 Å². The molecule has 2 aromatic heterocycles. The molecule has 150 valence electrons. The number of hydrogen-bond acceptors (Lipinski definition) is 7. The summed E-state index contributed by atoms with van der Waals surface area (Å²) in [5.74, 6) is 1.78. The number of fused-ring (bicyclic) bond motifs is 1. The second-order valence-electron chi connectivity index (χ2n) is 7.22. The largest absolute Gasteiger partial charge is 0.486 e. The van der Waals surface area contributed by atoms with Crippen LogP contribution in [0.5, 0.6) is 5.75 Å². The lowest BCUT2D eigenvalue weighted by atomic mass is 9.97. The van der Waals surface area contributed by atoms with Gasteiger partial charge < -0.3 is 4.74 Å². The summed E-state index contributed by atoms with van der Waals surface area (Å²) in [6, 6.07) is 6.03. The van der Waals surface area contributed by atoms with Crippen LogP contribution in [0.2, 0.25) is 0 Å². The molecule has 1 fully saturated rings. The fraction of sp³-hybridized carbons (Fsp3) is 0.500. The van der Waals surface area contributed by atoms with E-state index in [1.807, 2.05) is 18.2 Å². The zero-order valence-electron chi connectivity index (χ0n) is 16.1. The van der Waals surface area contributed by atoms with Crippen molar-refractivity contribution in [1.82, 2.24) is 24.1 Å². The number of ether oxygens (including phenoxy) is 1. The van der Waals surface area contributed by atoms with E-state index in [4.69, 9.17) is 4.74 Å². The quantitative estimate of drug-likeness (QED) is 0.629. The minimum atomic E-state index is -3.14. The Morgan fingerprint density at radius 3 is 2.61 bits per heavy atom. The van der Waals surface area contributed by atoms with E-state index in [0.29, 0.717) is 19.7 Å². The van der Waals surface area contributed by atoms with Crippen molar-refractivity contribution >= 4 is 26.3 Å². The molecule has 0 spiro atoms. The number of benzene rings is 1. The molecule has 8 nitrogen and oxygen atoms in total. The standard InChI is InChI=1S/C18H23N5O3S2/c1-12-4-5-15(10-13(12)2)26-11-16-21-23-17(19-20-18(23)27-16)14-6-8-22(9-7-14)28(3,24)25/h4-5,10,14H,6-9,11H2,1-3H3. The molecule has 3 aromatic rings. The van der Waals surface area contributed by atoms with Crippen molar-refractivity contribution in [3.63, 3.8) is 0 Å². The summed E-state index contributed by atoms with van der Waals surface area (Å²) in [6.07, 6.45) is 2.70. The number of aryl methyl sites for hydroxylation is 2. The minimum absolute atomic E-state index is 0.156. The summed E-state index contributed by atoms with van der Waals surface area (Å²) in [7, 11) is -3.14. The molecule has 1 aliphatic heterocycles. The van der Waals surface area contributed by atoms with E-state index in [1.165, 1.54) is 33.0 Å². The van der Waals surface area contributed by atoms with E-state index < -0.39 is 10.0 Å². The molecule has 0 radical (unpaired) electrons. The van der Waals surface area contributed by atoms with Crippen molar-refractivity contribution in [1.29, 1.82) is 0 Å². The van der Waals surface area contributed by atoms with Crippen LogP contribution in [0.15, 0.2) is 18.2 Å². The van der Waals surface area contributed by atoms with Crippen LogP contribution in [0.4, 0.5) is 0 Å². The molecule has 0 aliphatic carbocycles. The summed E-state index contributed by atoms with van der Waals surface area (Å²) in [6.45, 7) is 5.52. The molecule has 0 N–H and O–H groups in total. The van der Waals surface area contributed by atoms with Crippen LogP contribution in [-0.2, 0) is 16.6 Å². The molecule has 28 heavy (non-hydrogen) atoms. The Kier molecular flexibility index (Phi) is 5.11. The van der Waals surface area contributed by atoms with Crippen LogP contribution in [0.25, 0.3) is 4.96 Å². The Balaban J connectivity index is 1.46. The first-order chi connectivity index (χ1) is 13.3. The maximum Gasteiger partial charge on any atom is 0.234 e. The molecule has 0 atom stereocenters. The predicted molar refractivity (Wildman–Crippen MR) is 107 cm³/mol. The van der Waals surface area contributed by atoms with E-state index >= 15 is 0 Å². The van der Waals surface area contributed by atoms with E-state index in [-0.39, 0.29) is 5.92 Å². The lowest BCUT2D eigenvalue weighted by Crippen LogP contribution is -2.37. The van der Waals surface area contributed by atoms with E-state index in [0.717, 1.165) is 34.4 Å². The molecule has 0 amide bonds. The minimum Gasteiger partial charge on any atom is -0.486 e. The van der Waals surface area contributed by atoms with E-state index in [9.17, 15) is 8.42 Å². The van der Waals surface area contributed by atoms with Gasteiger partial charge in [-0.25, -0.2) is 12.7 Å². The third-order valence-corrected chi connectivity index (χ3v) is 7.36. The van der Waals surface area contributed by atoms with Gasteiger partial charge in [0.05, 0.1) is 6.26 Å². The lowest BCUT2D eigenvalue weighted by Gasteiger charge is -2.28. The molecule has 1 aromatic carbocycles. The highest BCUT2D eigenvalue weighted by atomic mass is 32.2. The number of aromatic nitrogens is 4. The molecule has 1 aliphatic rings. The van der Waals surface area contributed by atoms with Gasteiger partial charge in [0.25, 0.3) is 0 Å². The second kappa shape index (κ2) is 7.41. The Morgan fingerprint density at radius 1 is 1.18 bits per heavy atom. The van der Waals surface area contributed by atoms with Gasteiger partial charge in [-0.15, -0.1) is 10.2 Å². The van der Waals surface area contributed by atoms with Gasteiger partial charge in [0.1, 0.15) is 12.4 Å². The Hall–Kier alpha value is -2.04. The van der Waals surface area contributed by atoms with Crippen LogP contribution >= 0.6 is 11.3 Å². The third-order valence-electron chi connectivity index (χ3n) is 5.19. The number of nitrogens with zero attached hydrogens (tertiary/aromatic N) is 5. The molecule has 0 unspecified atom stereocenters. The normalized spacial score (nSPS) is 16.7. The summed E-state index contributed by atoms with van der Waals surface area (Å²) in [5, 5.41) is 14.0. The topological polar surface area (TPSA) is 89.7 Å². The van der Waals surface area contributed by atoms with Crippen LogP contribution < -0.4 is 4.74 Å². The van der Waals surface area contributed by atoms with Gasteiger partial charge in [-0.1, -0.05) is 17.4 Å². The van der Waals surface area contributed by atoms with Crippen molar-refractivity contribution in [2.45, 2.75) is 39.2 Å². The van der Waals surface area contributed by atoms with Gasteiger partial charge in [0, 0.05) is 19.0 Å². The van der Waals surface area contributed by atoms with Crippen molar-refractivity contribution in [2.75, 3.05) is 19.3 Å². The average molecular weight is 422 g/mol. The maximum atomic E-state index is 11.7. The van der Waals surface area contributed by atoms with Crippen molar-refractivity contribution in [3.05, 3.63) is 40.2 Å². The summed E-state index contributed by atoms with van der Waals surface area (Å²) < 4.78 is 32.6. The van der Waals surface area contributed by atoms with E-state index in [1.54, 1.807) is 4.52 Å². The monoisotopic (exact) mass is 421 g/mol. The molecule has 0 saturated carbocycles. The molecule has 4 rings (SSSR count). The van der Waals surface area contributed by atoms with Crippen LogP contribution in [0, 0.1) is 13.8 Å². The highest BCUT2D eigenvalue weighted by Gasteiger charge is 2.29. The van der Waals surface area contributed by atoms with E-state index in [2.05, 4.69) is 29.1 Å². The van der Waals surface area contributed by atoms with Gasteiger partial charge in [-0.2, -0.15) is 9.61 Å². The first-order valence-electron chi connectivity index (χ1n) is 9.17. The smallest absolute Gasteiger partial charge is 0.234 e. The number of sulfonamides is 1. The first kappa shape index (κ1) is 19.3. The first-order valence-corrected chi connectivity index (χ1v) is 11.8. The lowest BCUT2D eigenvalue weighted by molar-refractivity contribution is 0.301. The fourth-order valence-corrected chi connectivity index (χ4v) is 5.01. The predicted octanol–water partition coefficient (Wildman–Crippen LogP) is 2.52. The maximum absolute atomic E-state index is 11.7. The number of rotatable bonds is 5. The van der Waals surface area contributed by atoms with Gasteiger partial charge >= 0.3 is 0 Å². The van der Waals surface area contributed by atoms with Crippen molar-refractivity contribution in [2.24, 2.45) is 0 Å². The van der Waals surface area contributed by atoms with Gasteiger partial charge in [0.15, 0.2) is 10.8 Å². The number of piperidine rings is 1. The van der Waals surface area contributed by atoms with Gasteiger partial charge in [-0.3, -0.25) is 0 Å². The van der Waals surface area contributed by atoms with Crippen LogP contribution in [-0.4, -0.2) is 51.9 Å². The molecule has 1 saturated heterocycles. The highest BCUT2D eigenvalue weighted by molar-refractivity contribution is 7.88. The third kappa shape index (κ3) is 3.89. The van der Waals surface area contributed by atoms with Crippen molar-refractivity contribution < 1.29 is 13.2 Å². The Morgan fingerprint density at radius 2 is 1.93 bits per heavy atom. The zero-order chi connectivity index (χ0) is 19.9. The molecular weight excluding hydrogens is 398 g/mol. The summed E-state index contributed by atoms with van der Waals surface area (Å²) >= 11 is 1.46. The molecule has 0 bridgehead atoms.